The fraction of sp³-hybridized carbons (Fsp3) is 0.316. The molecule has 2 rings (SSSR count). The number of benzene rings is 2. The molecule has 1 unspecified atom stereocenters. The summed E-state index contributed by atoms with van der Waals surface area (Å²) in [6.45, 7) is 0.0318. The number of nitrogens with one attached hydrogen (secondary N) is 2. The number of hydrogen-bond donors (Lipinski definition) is 2. The molecule has 2 N–H and O–H groups in total. The number of carbonyl (C=O) groups excluding carboxylic acids is 1. The lowest BCUT2D eigenvalue weighted by Gasteiger charge is -2.16. The molecule has 1 atom stereocenters. The molecule has 26 heavy (non-hydrogen) atoms. The summed E-state index contributed by atoms with van der Waals surface area (Å²) in [5.41, 5.74) is 2.69. The van der Waals surface area contributed by atoms with Gasteiger partial charge in [0.1, 0.15) is 18.0 Å². The predicted molar refractivity (Wildman–Crippen MR) is 94.9 cm³/mol. The van der Waals surface area contributed by atoms with Crippen molar-refractivity contribution in [2.75, 3.05) is 26.0 Å². The quantitative estimate of drug-likeness (QED) is 0.755. The molecular formula is C19H23F2N2O3+. The third kappa shape index (κ3) is 6.00. The SMILES string of the molecule is COc1ccc(C)cc1C[NH+](C)CC(=O)Nc1ccc(OC(F)F)cc1. The van der Waals surface area contributed by atoms with Crippen LogP contribution in [-0.2, 0) is 11.3 Å². The van der Waals surface area contributed by atoms with Crippen molar-refractivity contribution in [2.24, 2.45) is 0 Å². The lowest BCUT2D eigenvalue weighted by molar-refractivity contribution is -0.885. The number of rotatable bonds is 8. The van der Waals surface area contributed by atoms with Crippen LogP contribution >= 0.6 is 0 Å². The highest BCUT2D eigenvalue weighted by atomic mass is 19.3. The van der Waals surface area contributed by atoms with Crippen LogP contribution in [0.3, 0.4) is 0 Å². The summed E-state index contributed by atoms with van der Waals surface area (Å²) in [6.07, 6.45) is 0. The molecule has 0 saturated heterocycles. The molecule has 2 aromatic carbocycles. The molecule has 0 heterocycles. The van der Waals surface area contributed by atoms with E-state index in [-0.39, 0.29) is 18.2 Å². The van der Waals surface area contributed by atoms with E-state index in [1.165, 1.54) is 24.3 Å². The zero-order valence-electron chi connectivity index (χ0n) is 15.0. The van der Waals surface area contributed by atoms with E-state index in [9.17, 15) is 13.6 Å². The van der Waals surface area contributed by atoms with Crippen molar-refractivity contribution in [2.45, 2.75) is 20.1 Å². The summed E-state index contributed by atoms with van der Waals surface area (Å²) >= 11 is 0. The van der Waals surface area contributed by atoms with Crippen LogP contribution in [0.4, 0.5) is 14.5 Å². The van der Waals surface area contributed by atoms with E-state index in [2.05, 4.69) is 10.1 Å². The minimum absolute atomic E-state index is 0.0484. The Bertz CT molecular complexity index is 736. The third-order valence-electron chi connectivity index (χ3n) is 3.75. The first-order chi connectivity index (χ1) is 12.4. The Morgan fingerprint density at radius 2 is 1.88 bits per heavy atom. The molecule has 0 aliphatic rings. The van der Waals surface area contributed by atoms with Crippen molar-refractivity contribution >= 4 is 11.6 Å². The maximum atomic E-state index is 12.2. The zero-order valence-corrected chi connectivity index (χ0v) is 15.0. The van der Waals surface area contributed by atoms with Gasteiger partial charge >= 0.3 is 6.61 Å². The van der Waals surface area contributed by atoms with Gasteiger partial charge in [-0.15, -0.1) is 0 Å². The molecule has 0 aliphatic carbocycles. The summed E-state index contributed by atoms with van der Waals surface area (Å²) in [5.74, 6) is 0.675. The number of hydrogen-bond acceptors (Lipinski definition) is 3. The Labute approximate surface area is 151 Å². The van der Waals surface area contributed by atoms with Crippen molar-refractivity contribution in [3.05, 3.63) is 53.6 Å². The first kappa shape index (κ1) is 19.7. The number of methoxy groups -OCH3 is 1. The Hall–Kier alpha value is -2.67. The summed E-state index contributed by atoms with van der Waals surface area (Å²) < 4.78 is 33.9. The summed E-state index contributed by atoms with van der Waals surface area (Å²) in [7, 11) is 3.54. The van der Waals surface area contributed by atoms with E-state index in [0.717, 1.165) is 21.8 Å². The van der Waals surface area contributed by atoms with Gasteiger partial charge in [0.15, 0.2) is 6.54 Å². The fourth-order valence-corrected chi connectivity index (χ4v) is 2.63. The second kappa shape index (κ2) is 9.15. The second-order valence-electron chi connectivity index (χ2n) is 6.08. The van der Waals surface area contributed by atoms with Gasteiger partial charge in [0.25, 0.3) is 5.91 Å². The molecule has 0 bridgehead atoms. The van der Waals surface area contributed by atoms with E-state index in [1.807, 2.05) is 32.2 Å². The average Bonchev–Trinajstić information content (AvgIpc) is 2.56. The van der Waals surface area contributed by atoms with Crippen molar-refractivity contribution in [3.8, 4) is 11.5 Å². The van der Waals surface area contributed by atoms with Crippen LogP contribution in [0.5, 0.6) is 11.5 Å². The van der Waals surface area contributed by atoms with Crippen LogP contribution in [0.1, 0.15) is 11.1 Å². The fourth-order valence-electron chi connectivity index (χ4n) is 2.63. The Kier molecular flexibility index (Phi) is 6.91. The minimum atomic E-state index is -2.87. The molecule has 2 aromatic rings. The third-order valence-corrected chi connectivity index (χ3v) is 3.75. The smallest absolute Gasteiger partial charge is 0.387 e. The van der Waals surface area contributed by atoms with Gasteiger partial charge in [0.05, 0.1) is 14.2 Å². The molecule has 5 nitrogen and oxygen atoms in total. The van der Waals surface area contributed by atoms with E-state index >= 15 is 0 Å². The standard InChI is InChI=1S/C19H22F2N2O3/c1-13-4-9-17(25-3)14(10-13)11-23(2)12-18(24)22-15-5-7-16(8-6-15)26-19(20)21/h4-10,19H,11-12H2,1-3H3,(H,22,24)/p+1. The number of halogens is 2. The number of alkyl halides is 2. The summed E-state index contributed by atoms with van der Waals surface area (Å²) in [4.78, 5) is 13.2. The number of amides is 1. The average molecular weight is 365 g/mol. The molecule has 140 valence electrons. The van der Waals surface area contributed by atoms with E-state index < -0.39 is 6.61 Å². The van der Waals surface area contributed by atoms with Gasteiger partial charge in [0.2, 0.25) is 0 Å². The first-order valence-electron chi connectivity index (χ1n) is 8.17. The van der Waals surface area contributed by atoms with E-state index in [1.54, 1.807) is 7.11 Å². The van der Waals surface area contributed by atoms with Gasteiger partial charge in [-0.2, -0.15) is 8.78 Å². The number of quaternary nitrogens is 1. The van der Waals surface area contributed by atoms with Gasteiger partial charge in [-0.1, -0.05) is 11.6 Å². The van der Waals surface area contributed by atoms with Crippen LogP contribution in [0.25, 0.3) is 0 Å². The van der Waals surface area contributed by atoms with Gasteiger partial charge in [0, 0.05) is 11.3 Å². The second-order valence-corrected chi connectivity index (χ2v) is 6.08. The molecule has 1 amide bonds. The molecule has 0 aliphatic heterocycles. The van der Waals surface area contributed by atoms with Gasteiger partial charge in [-0.3, -0.25) is 4.79 Å². The highest BCUT2D eigenvalue weighted by Gasteiger charge is 2.14. The summed E-state index contributed by atoms with van der Waals surface area (Å²) in [5, 5.41) is 2.75. The highest BCUT2D eigenvalue weighted by Crippen LogP contribution is 2.19. The van der Waals surface area contributed by atoms with Gasteiger partial charge < -0.3 is 19.7 Å². The predicted octanol–water partition coefficient (Wildman–Crippen LogP) is 2.26. The lowest BCUT2D eigenvalue weighted by Crippen LogP contribution is -3.08. The van der Waals surface area contributed by atoms with Gasteiger partial charge in [-0.25, -0.2) is 0 Å². The molecular weight excluding hydrogens is 342 g/mol. The molecule has 0 aromatic heterocycles. The monoisotopic (exact) mass is 365 g/mol. The number of likely N-dealkylation sites (N-methyl/N-ethyl adjacent to an activating group) is 1. The van der Waals surface area contributed by atoms with Crippen LogP contribution in [0, 0.1) is 6.92 Å². The van der Waals surface area contributed by atoms with E-state index in [4.69, 9.17) is 4.74 Å². The maximum absolute atomic E-state index is 12.2. The lowest BCUT2D eigenvalue weighted by atomic mass is 10.1. The van der Waals surface area contributed by atoms with Crippen LogP contribution < -0.4 is 19.7 Å². The topological polar surface area (TPSA) is 52.0 Å². The Morgan fingerprint density at radius 3 is 2.50 bits per heavy atom. The number of anilines is 1. The Morgan fingerprint density at radius 1 is 1.19 bits per heavy atom. The van der Waals surface area contributed by atoms with Crippen LogP contribution in [-0.4, -0.2) is 33.2 Å². The van der Waals surface area contributed by atoms with E-state index in [0.29, 0.717) is 12.2 Å². The Balaban J connectivity index is 1.90. The molecule has 0 fully saturated rings. The highest BCUT2D eigenvalue weighted by molar-refractivity contribution is 5.91. The van der Waals surface area contributed by atoms with Crippen LogP contribution in [0.2, 0.25) is 0 Å². The van der Waals surface area contributed by atoms with Crippen molar-refractivity contribution in [1.82, 2.24) is 0 Å². The normalized spacial score (nSPS) is 11.9. The van der Waals surface area contributed by atoms with Gasteiger partial charge in [-0.05, 0) is 43.3 Å². The molecule has 0 spiro atoms. The molecule has 0 radical (unpaired) electrons. The molecule has 7 heteroatoms. The number of aryl methyl sites for hydroxylation is 1. The van der Waals surface area contributed by atoms with Crippen molar-refractivity contribution in [1.29, 1.82) is 0 Å². The minimum Gasteiger partial charge on any atom is -0.496 e. The maximum Gasteiger partial charge on any atom is 0.387 e. The first-order valence-corrected chi connectivity index (χ1v) is 8.17. The largest absolute Gasteiger partial charge is 0.496 e. The number of carbonyl (C=O) groups is 1. The van der Waals surface area contributed by atoms with Crippen molar-refractivity contribution in [3.63, 3.8) is 0 Å². The van der Waals surface area contributed by atoms with Crippen LogP contribution in [0.15, 0.2) is 42.5 Å². The van der Waals surface area contributed by atoms with Crippen molar-refractivity contribution < 1.29 is 27.9 Å². The zero-order chi connectivity index (χ0) is 19.1. The molecule has 0 saturated carbocycles. The summed E-state index contributed by atoms with van der Waals surface area (Å²) in [6, 6.07) is 11.8. The number of ether oxygens (including phenoxy) is 2.